The zero-order chi connectivity index (χ0) is 13.0. The van der Waals surface area contributed by atoms with E-state index in [4.69, 9.17) is 21.4 Å². The van der Waals surface area contributed by atoms with Crippen LogP contribution in [0.3, 0.4) is 0 Å². The van der Waals surface area contributed by atoms with E-state index < -0.39 is 0 Å². The maximum Gasteiger partial charge on any atom is 0.322 e. The molecule has 1 fully saturated rings. The monoisotopic (exact) mass is 272 g/mol. The van der Waals surface area contributed by atoms with E-state index in [-0.39, 0.29) is 17.9 Å². The molecular weight excluding hydrogens is 256 g/mol. The van der Waals surface area contributed by atoms with Crippen LogP contribution in [0, 0.1) is 0 Å². The molecule has 1 saturated heterocycles. The molecule has 0 radical (unpaired) electrons. The van der Waals surface area contributed by atoms with Gasteiger partial charge in [0.05, 0.1) is 7.11 Å². The lowest BCUT2D eigenvalue weighted by Gasteiger charge is -2.24. The van der Waals surface area contributed by atoms with Gasteiger partial charge >= 0.3 is 6.01 Å². The van der Waals surface area contributed by atoms with E-state index in [1.165, 1.54) is 7.11 Å². The number of methoxy groups -OCH3 is 1. The highest BCUT2D eigenvalue weighted by Gasteiger charge is 2.27. The summed E-state index contributed by atoms with van der Waals surface area (Å²) < 4.78 is 5.00. The van der Waals surface area contributed by atoms with E-state index in [0.717, 1.165) is 32.2 Å². The van der Waals surface area contributed by atoms with Crippen molar-refractivity contribution in [3.63, 3.8) is 0 Å². The molecule has 1 aromatic rings. The molecule has 1 atom stereocenters. The SMILES string of the molecule is COc1nc(Cl)nc(N2CCCC2CCCO)n1. The molecule has 0 saturated carbocycles. The fourth-order valence-electron chi connectivity index (χ4n) is 2.27. The fraction of sp³-hybridized carbons (Fsp3) is 0.727. The molecule has 1 aliphatic rings. The molecule has 6 nitrogen and oxygen atoms in total. The minimum absolute atomic E-state index is 0.143. The van der Waals surface area contributed by atoms with Crippen LogP contribution in [0.4, 0.5) is 5.95 Å². The van der Waals surface area contributed by atoms with Gasteiger partial charge in [-0.3, -0.25) is 0 Å². The zero-order valence-corrected chi connectivity index (χ0v) is 11.1. The average molecular weight is 273 g/mol. The van der Waals surface area contributed by atoms with Crippen LogP contribution in [-0.2, 0) is 0 Å². The van der Waals surface area contributed by atoms with E-state index in [1.807, 2.05) is 0 Å². The topological polar surface area (TPSA) is 71.4 Å². The van der Waals surface area contributed by atoms with Crippen molar-refractivity contribution in [3.8, 4) is 6.01 Å². The standard InChI is InChI=1S/C11H17ClN4O2/c1-18-11-14-9(12)13-10(15-11)16-6-2-4-8(16)5-3-7-17/h8,17H,2-7H2,1H3. The number of halogens is 1. The summed E-state index contributed by atoms with van der Waals surface area (Å²) in [5, 5.41) is 9.05. The second kappa shape index (κ2) is 6.15. The first-order chi connectivity index (χ1) is 8.74. The van der Waals surface area contributed by atoms with Gasteiger partial charge in [0.2, 0.25) is 11.2 Å². The highest BCUT2D eigenvalue weighted by atomic mass is 35.5. The molecule has 0 aromatic carbocycles. The number of hydrogen-bond acceptors (Lipinski definition) is 6. The Morgan fingerprint density at radius 1 is 1.44 bits per heavy atom. The maximum atomic E-state index is 8.91. The maximum absolute atomic E-state index is 8.91. The summed E-state index contributed by atoms with van der Waals surface area (Å²) in [6.45, 7) is 1.12. The largest absolute Gasteiger partial charge is 0.467 e. The van der Waals surface area contributed by atoms with Gasteiger partial charge in [-0.1, -0.05) is 0 Å². The van der Waals surface area contributed by atoms with Gasteiger partial charge in [-0.25, -0.2) is 0 Å². The third kappa shape index (κ3) is 3.00. The Hall–Kier alpha value is -1.14. The van der Waals surface area contributed by atoms with E-state index in [1.54, 1.807) is 0 Å². The molecular formula is C11H17ClN4O2. The summed E-state index contributed by atoms with van der Waals surface area (Å²) in [5.74, 6) is 0.562. The second-order valence-electron chi connectivity index (χ2n) is 4.25. The van der Waals surface area contributed by atoms with Gasteiger partial charge in [-0.15, -0.1) is 0 Å². The van der Waals surface area contributed by atoms with Crippen LogP contribution in [0.1, 0.15) is 25.7 Å². The first kappa shape index (κ1) is 13.3. The quantitative estimate of drug-likeness (QED) is 0.870. The Balaban J connectivity index is 2.16. The lowest BCUT2D eigenvalue weighted by atomic mass is 10.1. The van der Waals surface area contributed by atoms with E-state index >= 15 is 0 Å². The van der Waals surface area contributed by atoms with Gasteiger partial charge in [0.1, 0.15) is 0 Å². The molecule has 2 heterocycles. The van der Waals surface area contributed by atoms with Crippen molar-refractivity contribution in [1.29, 1.82) is 0 Å². The van der Waals surface area contributed by atoms with Crippen molar-refractivity contribution in [2.75, 3.05) is 25.2 Å². The Kier molecular flexibility index (Phi) is 4.54. The van der Waals surface area contributed by atoms with Crippen molar-refractivity contribution in [3.05, 3.63) is 5.28 Å². The Bertz CT molecular complexity index is 405. The minimum atomic E-state index is 0.143. The zero-order valence-electron chi connectivity index (χ0n) is 10.3. The summed E-state index contributed by atoms with van der Waals surface area (Å²) in [5.41, 5.74) is 0. The summed E-state index contributed by atoms with van der Waals surface area (Å²) in [6.07, 6.45) is 3.91. The van der Waals surface area contributed by atoms with Crippen molar-refractivity contribution in [2.45, 2.75) is 31.7 Å². The summed E-state index contributed by atoms with van der Waals surface area (Å²) >= 11 is 5.85. The molecule has 18 heavy (non-hydrogen) atoms. The van der Waals surface area contributed by atoms with Crippen LogP contribution >= 0.6 is 11.6 Å². The van der Waals surface area contributed by atoms with Gasteiger partial charge in [-0.2, -0.15) is 15.0 Å². The van der Waals surface area contributed by atoms with Gasteiger partial charge in [0.25, 0.3) is 0 Å². The predicted octanol–water partition coefficient (Wildman–Crippen LogP) is 1.27. The Labute approximate surface area is 111 Å². The van der Waals surface area contributed by atoms with Crippen LogP contribution in [-0.4, -0.2) is 46.4 Å². The molecule has 2 rings (SSSR count). The van der Waals surface area contributed by atoms with Crippen molar-refractivity contribution < 1.29 is 9.84 Å². The highest BCUT2D eigenvalue weighted by molar-refractivity contribution is 6.28. The number of aromatic nitrogens is 3. The van der Waals surface area contributed by atoms with E-state index in [9.17, 15) is 0 Å². The summed E-state index contributed by atoms with van der Waals surface area (Å²) in [6, 6.07) is 0.595. The lowest BCUT2D eigenvalue weighted by molar-refractivity contribution is 0.279. The number of anilines is 1. The summed E-state index contributed by atoms with van der Waals surface area (Å²) in [4.78, 5) is 14.4. The molecule has 0 amide bonds. The molecule has 100 valence electrons. The van der Waals surface area contributed by atoms with E-state index in [0.29, 0.717) is 12.0 Å². The molecule has 1 aliphatic heterocycles. The average Bonchev–Trinajstić information content (AvgIpc) is 2.83. The lowest BCUT2D eigenvalue weighted by Crippen LogP contribution is -2.31. The van der Waals surface area contributed by atoms with Crippen LogP contribution < -0.4 is 9.64 Å². The van der Waals surface area contributed by atoms with Crippen LogP contribution in [0.2, 0.25) is 5.28 Å². The van der Waals surface area contributed by atoms with Crippen molar-refractivity contribution in [2.24, 2.45) is 0 Å². The third-order valence-electron chi connectivity index (χ3n) is 3.09. The Morgan fingerprint density at radius 3 is 3.00 bits per heavy atom. The number of aliphatic hydroxyl groups is 1. The molecule has 0 aliphatic carbocycles. The molecule has 0 spiro atoms. The third-order valence-corrected chi connectivity index (χ3v) is 3.26. The van der Waals surface area contributed by atoms with Crippen molar-refractivity contribution >= 4 is 17.5 Å². The van der Waals surface area contributed by atoms with Gasteiger partial charge in [-0.05, 0) is 37.3 Å². The molecule has 0 bridgehead atoms. The number of hydrogen-bond donors (Lipinski definition) is 1. The number of rotatable bonds is 5. The van der Waals surface area contributed by atoms with Gasteiger partial charge in [0.15, 0.2) is 0 Å². The Morgan fingerprint density at radius 2 is 2.28 bits per heavy atom. The fourth-order valence-corrected chi connectivity index (χ4v) is 2.42. The number of aliphatic hydroxyl groups excluding tert-OH is 1. The van der Waals surface area contributed by atoms with Crippen LogP contribution in [0.5, 0.6) is 6.01 Å². The summed E-state index contributed by atoms with van der Waals surface area (Å²) in [7, 11) is 1.50. The smallest absolute Gasteiger partial charge is 0.322 e. The molecule has 1 aromatic heterocycles. The first-order valence-electron chi connectivity index (χ1n) is 6.07. The minimum Gasteiger partial charge on any atom is -0.467 e. The van der Waals surface area contributed by atoms with E-state index in [2.05, 4.69) is 19.9 Å². The normalized spacial score (nSPS) is 19.3. The number of nitrogens with zero attached hydrogens (tertiary/aromatic N) is 4. The first-order valence-corrected chi connectivity index (χ1v) is 6.45. The molecule has 7 heteroatoms. The van der Waals surface area contributed by atoms with Crippen molar-refractivity contribution in [1.82, 2.24) is 15.0 Å². The highest BCUT2D eigenvalue weighted by Crippen LogP contribution is 2.26. The molecule has 1 N–H and O–H groups in total. The van der Waals surface area contributed by atoms with Crippen LogP contribution in [0.25, 0.3) is 0 Å². The van der Waals surface area contributed by atoms with Crippen LogP contribution in [0.15, 0.2) is 0 Å². The van der Waals surface area contributed by atoms with Gasteiger partial charge in [0, 0.05) is 19.2 Å². The molecule has 1 unspecified atom stereocenters. The second-order valence-corrected chi connectivity index (χ2v) is 4.58. The number of ether oxygens (including phenoxy) is 1. The van der Waals surface area contributed by atoms with Gasteiger partial charge < -0.3 is 14.7 Å². The predicted molar refractivity (Wildman–Crippen MR) is 68.1 cm³/mol.